The second-order valence-electron chi connectivity index (χ2n) is 10.5. The zero-order valence-electron chi connectivity index (χ0n) is 21.8. The molecule has 0 saturated heterocycles. The second kappa shape index (κ2) is 11.1. The van der Waals surface area contributed by atoms with E-state index in [0.29, 0.717) is 33.0 Å². The van der Waals surface area contributed by atoms with Gasteiger partial charge in [0.05, 0.1) is 17.9 Å². The van der Waals surface area contributed by atoms with Crippen molar-refractivity contribution in [1.82, 2.24) is 20.1 Å². The summed E-state index contributed by atoms with van der Waals surface area (Å²) in [5.74, 6) is 0.927. The van der Waals surface area contributed by atoms with Crippen LogP contribution in [-0.2, 0) is 31.2 Å². The predicted molar refractivity (Wildman–Crippen MR) is 147 cm³/mol. The third-order valence-electron chi connectivity index (χ3n) is 6.80. The number of thiophene rings is 1. The van der Waals surface area contributed by atoms with E-state index >= 15 is 0 Å². The van der Waals surface area contributed by atoms with Gasteiger partial charge in [0.25, 0.3) is 5.91 Å². The molecule has 0 radical (unpaired) electrons. The summed E-state index contributed by atoms with van der Waals surface area (Å²) in [6.45, 7) is 8.95. The second-order valence-corrected chi connectivity index (χ2v) is 12.5. The van der Waals surface area contributed by atoms with Crippen molar-refractivity contribution in [1.29, 1.82) is 5.26 Å². The minimum absolute atomic E-state index is 0.139. The quantitative estimate of drug-likeness (QED) is 0.417. The molecule has 8 nitrogen and oxygen atoms in total. The van der Waals surface area contributed by atoms with Gasteiger partial charge in [0, 0.05) is 17.5 Å². The predicted octanol–water partition coefficient (Wildman–Crippen LogP) is 4.87. The van der Waals surface area contributed by atoms with E-state index in [9.17, 15) is 14.9 Å². The van der Waals surface area contributed by atoms with Gasteiger partial charge >= 0.3 is 0 Å². The molecule has 2 amide bonds. The molecular formula is C27H32N6O2S2. The first-order chi connectivity index (χ1) is 17.6. The lowest BCUT2D eigenvalue weighted by molar-refractivity contribution is -0.113. The topological polar surface area (TPSA) is 113 Å². The van der Waals surface area contributed by atoms with Gasteiger partial charge in [-0.05, 0) is 55.2 Å². The van der Waals surface area contributed by atoms with Crippen LogP contribution in [0.15, 0.2) is 29.4 Å². The molecule has 1 aliphatic rings. The first-order valence-corrected chi connectivity index (χ1v) is 14.1. The van der Waals surface area contributed by atoms with Crippen LogP contribution in [0, 0.1) is 29.6 Å². The summed E-state index contributed by atoms with van der Waals surface area (Å²) < 4.78 is 1.77. The van der Waals surface area contributed by atoms with E-state index in [2.05, 4.69) is 47.7 Å². The third-order valence-corrected chi connectivity index (χ3v) is 8.99. The maximum absolute atomic E-state index is 12.8. The molecule has 2 heterocycles. The van der Waals surface area contributed by atoms with E-state index in [1.54, 1.807) is 17.7 Å². The normalized spacial score (nSPS) is 15.1. The fourth-order valence-electron chi connectivity index (χ4n) is 4.50. The van der Waals surface area contributed by atoms with Crippen molar-refractivity contribution in [3.05, 3.63) is 57.2 Å². The number of hydrogen-bond donors (Lipinski definition) is 2. The van der Waals surface area contributed by atoms with Crippen molar-refractivity contribution in [3.8, 4) is 6.07 Å². The molecule has 1 aliphatic carbocycles. The van der Waals surface area contributed by atoms with Crippen LogP contribution in [0.3, 0.4) is 0 Å². The number of aromatic nitrogens is 3. The fourth-order valence-corrected chi connectivity index (χ4v) is 6.52. The lowest BCUT2D eigenvalue weighted by atomic mass is 9.72. The van der Waals surface area contributed by atoms with Crippen LogP contribution in [0.4, 0.5) is 5.00 Å². The summed E-state index contributed by atoms with van der Waals surface area (Å²) in [5, 5.41) is 25.1. The van der Waals surface area contributed by atoms with E-state index in [1.165, 1.54) is 28.0 Å². The first kappa shape index (κ1) is 26.9. The Morgan fingerprint density at radius 3 is 2.78 bits per heavy atom. The highest BCUT2D eigenvalue weighted by Gasteiger charge is 2.32. The minimum atomic E-state index is -0.190. The zero-order chi connectivity index (χ0) is 26.7. The van der Waals surface area contributed by atoms with Crippen LogP contribution in [-0.4, -0.2) is 32.3 Å². The Kier molecular flexibility index (Phi) is 8.05. The van der Waals surface area contributed by atoms with Crippen molar-refractivity contribution in [2.24, 2.45) is 18.4 Å². The summed E-state index contributed by atoms with van der Waals surface area (Å²) in [6.07, 6.45) is 2.89. The summed E-state index contributed by atoms with van der Waals surface area (Å²) in [4.78, 5) is 26.4. The van der Waals surface area contributed by atoms with E-state index in [0.717, 1.165) is 30.4 Å². The van der Waals surface area contributed by atoms with Gasteiger partial charge in [-0.3, -0.25) is 9.59 Å². The first-order valence-electron chi connectivity index (χ1n) is 12.3. The molecule has 0 saturated carbocycles. The number of thioether (sulfide) groups is 1. The molecule has 0 bridgehead atoms. The zero-order valence-corrected chi connectivity index (χ0v) is 23.5. The van der Waals surface area contributed by atoms with Crippen molar-refractivity contribution in [3.63, 3.8) is 0 Å². The smallest absolute Gasteiger partial charge is 0.251 e. The minimum Gasteiger partial charge on any atom is -0.345 e. The fraction of sp³-hybridized carbons (Fsp3) is 0.444. The van der Waals surface area contributed by atoms with E-state index in [4.69, 9.17) is 0 Å². The number of carbonyl (C=O) groups is 2. The summed E-state index contributed by atoms with van der Waals surface area (Å²) >= 11 is 2.80. The number of nitriles is 1. The molecule has 3 aromatic rings. The Hall–Kier alpha value is -3.16. The molecule has 0 unspecified atom stereocenters. The van der Waals surface area contributed by atoms with Gasteiger partial charge in [-0.15, -0.1) is 21.5 Å². The molecule has 0 fully saturated rings. The van der Waals surface area contributed by atoms with Crippen LogP contribution in [0.5, 0.6) is 0 Å². The van der Waals surface area contributed by atoms with Crippen molar-refractivity contribution in [2.75, 3.05) is 11.1 Å². The van der Waals surface area contributed by atoms with Crippen molar-refractivity contribution < 1.29 is 9.59 Å². The molecule has 10 heteroatoms. The SMILES string of the molecule is Cc1cccc(C(=O)NCc2nnc(SCC(=O)Nc3sc4c(c3C#N)CC[C@@H](C(C)(C)C)C4)n2C)c1. The van der Waals surface area contributed by atoms with E-state index in [1.807, 2.05) is 25.1 Å². The average molecular weight is 537 g/mol. The number of fused-ring (bicyclic) bond motifs is 1. The third kappa shape index (κ3) is 6.22. The largest absolute Gasteiger partial charge is 0.345 e. The molecule has 2 N–H and O–H groups in total. The Morgan fingerprint density at radius 2 is 2.08 bits per heavy atom. The van der Waals surface area contributed by atoms with Gasteiger partial charge in [-0.1, -0.05) is 50.2 Å². The maximum Gasteiger partial charge on any atom is 0.251 e. The van der Waals surface area contributed by atoms with Gasteiger partial charge in [-0.2, -0.15) is 5.26 Å². The number of carbonyl (C=O) groups excluding carboxylic acids is 2. The number of anilines is 1. The molecule has 37 heavy (non-hydrogen) atoms. The van der Waals surface area contributed by atoms with Crippen LogP contribution < -0.4 is 10.6 Å². The van der Waals surface area contributed by atoms with Crippen LogP contribution in [0.1, 0.15) is 64.9 Å². The van der Waals surface area contributed by atoms with E-state index in [-0.39, 0.29) is 29.5 Å². The van der Waals surface area contributed by atoms with Gasteiger partial charge in [0.15, 0.2) is 11.0 Å². The molecule has 2 aromatic heterocycles. The van der Waals surface area contributed by atoms with Crippen LogP contribution in [0.25, 0.3) is 0 Å². The van der Waals surface area contributed by atoms with Crippen LogP contribution >= 0.6 is 23.1 Å². The number of nitrogens with one attached hydrogen (secondary N) is 2. The van der Waals surface area contributed by atoms with E-state index < -0.39 is 0 Å². The maximum atomic E-state index is 12.8. The number of rotatable bonds is 7. The molecule has 1 atom stereocenters. The monoisotopic (exact) mass is 536 g/mol. The molecule has 0 aliphatic heterocycles. The highest BCUT2D eigenvalue weighted by Crippen LogP contribution is 2.44. The van der Waals surface area contributed by atoms with Crippen LogP contribution in [0.2, 0.25) is 0 Å². The lowest BCUT2D eigenvalue weighted by Crippen LogP contribution is -2.26. The Bertz CT molecular complexity index is 1360. The Morgan fingerprint density at radius 1 is 1.30 bits per heavy atom. The van der Waals surface area contributed by atoms with Crippen molar-refractivity contribution >= 4 is 39.9 Å². The number of amides is 2. The Labute approximate surface area is 225 Å². The number of benzene rings is 1. The molecule has 1 aromatic carbocycles. The molecule has 194 valence electrons. The Balaban J connectivity index is 1.34. The summed E-state index contributed by atoms with van der Waals surface area (Å²) in [7, 11) is 1.81. The number of aryl methyl sites for hydroxylation is 1. The van der Waals surface area contributed by atoms with Gasteiger partial charge in [-0.25, -0.2) is 0 Å². The van der Waals surface area contributed by atoms with Crippen molar-refractivity contribution in [2.45, 2.75) is 58.7 Å². The highest BCUT2D eigenvalue weighted by atomic mass is 32.2. The average Bonchev–Trinajstić information content (AvgIpc) is 3.38. The van der Waals surface area contributed by atoms with Gasteiger partial charge in [0.1, 0.15) is 11.1 Å². The van der Waals surface area contributed by atoms with Gasteiger partial charge < -0.3 is 15.2 Å². The van der Waals surface area contributed by atoms with Gasteiger partial charge in [0.2, 0.25) is 5.91 Å². The standard InChI is InChI=1S/C27H32N6O2S2/c1-16-7-6-8-17(11-16)24(35)29-14-22-31-32-26(33(22)5)36-15-23(34)30-25-20(13-28)19-10-9-18(27(2,3)4)12-21(19)37-25/h6-8,11,18H,9-10,12,14-15H2,1-5H3,(H,29,35)(H,30,34)/t18-/m1/s1. The molecule has 4 rings (SSSR count). The molecular weight excluding hydrogens is 504 g/mol. The summed E-state index contributed by atoms with van der Waals surface area (Å²) in [5.41, 5.74) is 3.53. The summed E-state index contributed by atoms with van der Waals surface area (Å²) in [6, 6.07) is 9.70. The number of nitrogens with zero attached hydrogens (tertiary/aromatic N) is 4. The highest BCUT2D eigenvalue weighted by molar-refractivity contribution is 7.99. The lowest BCUT2D eigenvalue weighted by Gasteiger charge is -2.33. The molecule has 0 spiro atoms. The number of hydrogen-bond acceptors (Lipinski definition) is 7.